The van der Waals surface area contributed by atoms with E-state index in [-0.39, 0.29) is 5.56 Å². The number of hydrogen-bond donors (Lipinski definition) is 0. The monoisotopic (exact) mass is 361 g/mol. The number of anilines is 1. The minimum atomic E-state index is -0.0982. The standard InChI is InChI=1S/C16H16ClN5OS/c17-12-1-2-14-19-13(9-15(23)22(14)10-12)11-20-4-6-21(7-5-20)16-18-3-8-24-16/h1-3,8-10H,4-7,11H2. The van der Waals surface area contributed by atoms with Crippen LogP contribution in [-0.4, -0.2) is 45.4 Å². The van der Waals surface area contributed by atoms with Crippen molar-refractivity contribution in [3.8, 4) is 0 Å². The second-order valence-corrected chi connectivity index (χ2v) is 7.05. The van der Waals surface area contributed by atoms with Crippen molar-refractivity contribution in [2.24, 2.45) is 0 Å². The maximum absolute atomic E-state index is 12.2. The Balaban J connectivity index is 1.47. The molecule has 0 radical (unpaired) electrons. The van der Waals surface area contributed by atoms with Crippen LogP contribution in [0.25, 0.3) is 5.65 Å². The molecule has 0 spiro atoms. The summed E-state index contributed by atoms with van der Waals surface area (Å²) < 4.78 is 1.48. The maximum atomic E-state index is 12.2. The molecule has 124 valence electrons. The van der Waals surface area contributed by atoms with Crippen LogP contribution in [0.4, 0.5) is 5.13 Å². The molecule has 4 rings (SSSR count). The van der Waals surface area contributed by atoms with E-state index in [2.05, 4.69) is 19.8 Å². The lowest BCUT2D eigenvalue weighted by atomic mass is 10.3. The van der Waals surface area contributed by atoms with E-state index in [1.807, 2.05) is 11.6 Å². The molecule has 1 saturated heterocycles. The van der Waals surface area contributed by atoms with E-state index in [9.17, 15) is 4.79 Å². The lowest BCUT2D eigenvalue weighted by Crippen LogP contribution is -2.46. The summed E-state index contributed by atoms with van der Waals surface area (Å²) in [7, 11) is 0. The van der Waals surface area contributed by atoms with Gasteiger partial charge in [0.05, 0.1) is 10.7 Å². The van der Waals surface area contributed by atoms with Gasteiger partial charge in [-0.3, -0.25) is 14.1 Å². The number of nitrogens with zero attached hydrogens (tertiary/aromatic N) is 5. The Kier molecular flexibility index (Phi) is 4.22. The summed E-state index contributed by atoms with van der Waals surface area (Å²) in [5.41, 5.74) is 1.33. The number of rotatable bonds is 3. The zero-order valence-corrected chi connectivity index (χ0v) is 14.5. The number of fused-ring (bicyclic) bond motifs is 1. The highest BCUT2D eigenvalue weighted by Crippen LogP contribution is 2.19. The van der Waals surface area contributed by atoms with E-state index < -0.39 is 0 Å². The van der Waals surface area contributed by atoms with Gasteiger partial charge >= 0.3 is 0 Å². The normalized spacial score (nSPS) is 16.0. The lowest BCUT2D eigenvalue weighted by Gasteiger charge is -2.34. The first-order valence-corrected chi connectivity index (χ1v) is 8.99. The predicted octanol–water partition coefficient (Wildman–Crippen LogP) is 2.13. The van der Waals surface area contributed by atoms with Crippen molar-refractivity contribution in [2.45, 2.75) is 6.54 Å². The molecule has 0 aromatic carbocycles. The van der Waals surface area contributed by atoms with Gasteiger partial charge in [-0.2, -0.15) is 0 Å². The highest BCUT2D eigenvalue weighted by molar-refractivity contribution is 7.13. The van der Waals surface area contributed by atoms with E-state index in [0.29, 0.717) is 17.2 Å². The fraction of sp³-hybridized carbons (Fsp3) is 0.312. The Morgan fingerprint density at radius 2 is 2.04 bits per heavy atom. The molecule has 8 heteroatoms. The van der Waals surface area contributed by atoms with E-state index in [1.54, 1.807) is 35.7 Å². The van der Waals surface area contributed by atoms with E-state index in [0.717, 1.165) is 37.0 Å². The van der Waals surface area contributed by atoms with Crippen molar-refractivity contribution in [3.05, 3.63) is 57.0 Å². The van der Waals surface area contributed by atoms with Crippen LogP contribution in [0.5, 0.6) is 0 Å². The molecule has 24 heavy (non-hydrogen) atoms. The zero-order chi connectivity index (χ0) is 16.5. The number of piperazine rings is 1. The molecule has 0 amide bonds. The minimum absolute atomic E-state index is 0.0982. The van der Waals surface area contributed by atoms with Crippen LogP contribution in [0.3, 0.4) is 0 Å². The van der Waals surface area contributed by atoms with Gasteiger partial charge in [0.15, 0.2) is 5.13 Å². The smallest absolute Gasteiger partial charge is 0.258 e. The van der Waals surface area contributed by atoms with E-state index >= 15 is 0 Å². The molecule has 6 nitrogen and oxygen atoms in total. The van der Waals surface area contributed by atoms with Crippen LogP contribution in [-0.2, 0) is 6.54 Å². The Hall–Kier alpha value is -1.96. The highest BCUT2D eigenvalue weighted by atomic mass is 35.5. The molecule has 0 N–H and O–H groups in total. The predicted molar refractivity (Wildman–Crippen MR) is 96.1 cm³/mol. The van der Waals surface area contributed by atoms with Crippen molar-refractivity contribution in [1.82, 2.24) is 19.3 Å². The Morgan fingerprint density at radius 1 is 1.21 bits per heavy atom. The Bertz CT molecular complexity index is 902. The number of pyridine rings is 1. The van der Waals surface area contributed by atoms with Crippen LogP contribution in [0, 0.1) is 0 Å². The average molecular weight is 362 g/mol. The van der Waals surface area contributed by atoms with Gasteiger partial charge in [-0.15, -0.1) is 11.3 Å². The topological polar surface area (TPSA) is 53.7 Å². The maximum Gasteiger partial charge on any atom is 0.258 e. The van der Waals surface area contributed by atoms with Crippen LogP contribution < -0.4 is 10.5 Å². The molecule has 0 aliphatic carbocycles. The third-order valence-corrected chi connectivity index (χ3v) is 5.18. The van der Waals surface area contributed by atoms with Crippen LogP contribution in [0.1, 0.15) is 5.69 Å². The van der Waals surface area contributed by atoms with Crippen LogP contribution >= 0.6 is 22.9 Å². The van der Waals surface area contributed by atoms with Gasteiger partial charge in [0.2, 0.25) is 0 Å². The average Bonchev–Trinajstić information content (AvgIpc) is 3.11. The molecule has 0 bridgehead atoms. The molecule has 0 saturated carbocycles. The molecule has 0 unspecified atom stereocenters. The number of halogens is 1. The molecule has 3 aromatic rings. The fourth-order valence-electron chi connectivity index (χ4n) is 2.91. The second-order valence-electron chi connectivity index (χ2n) is 5.74. The number of thiazole rings is 1. The third-order valence-electron chi connectivity index (χ3n) is 4.12. The van der Waals surface area contributed by atoms with Crippen molar-refractivity contribution >= 4 is 33.7 Å². The number of aromatic nitrogens is 3. The van der Waals surface area contributed by atoms with E-state index in [1.165, 1.54) is 4.40 Å². The summed E-state index contributed by atoms with van der Waals surface area (Å²) in [6, 6.07) is 5.12. The zero-order valence-electron chi connectivity index (χ0n) is 12.9. The van der Waals surface area contributed by atoms with Crippen molar-refractivity contribution in [2.75, 3.05) is 31.1 Å². The highest BCUT2D eigenvalue weighted by Gasteiger charge is 2.19. The summed E-state index contributed by atoms with van der Waals surface area (Å²) in [4.78, 5) is 25.8. The Labute approximate surface area is 148 Å². The summed E-state index contributed by atoms with van der Waals surface area (Å²) in [6.07, 6.45) is 3.44. The molecule has 0 atom stereocenters. The van der Waals surface area contributed by atoms with Gasteiger partial charge in [0.25, 0.3) is 5.56 Å². The molecular formula is C16H16ClN5OS. The lowest BCUT2D eigenvalue weighted by molar-refractivity contribution is 0.247. The Morgan fingerprint density at radius 3 is 2.79 bits per heavy atom. The van der Waals surface area contributed by atoms with Gasteiger partial charge in [0, 0.05) is 56.6 Å². The van der Waals surface area contributed by atoms with Crippen molar-refractivity contribution in [3.63, 3.8) is 0 Å². The first-order chi connectivity index (χ1) is 11.7. The quantitative estimate of drug-likeness (QED) is 0.715. The van der Waals surface area contributed by atoms with Gasteiger partial charge in [0.1, 0.15) is 5.65 Å². The van der Waals surface area contributed by atoms with Crippen LogP contribution in [0.2, 0.25) is 5.02 Å². The molecule has 3 aromatic heterocycles. The van der Waals surface area contributed by atoms with Gasteiger partial charge in [-0.1, -0.05) is 11.6 Å². The largest absolute Gasteiger partial charge is 0.346 e. The molecule has 1 aliphatic heterocycles. The minimum Gasteiger partial charge on any atom is -0.346 e. The summed E-state index contributed by atoms with van der Waals surface area (Å²) in [5, 5.41) is 3.60. The molecule has 1 aliphatic rings. The second kappa shape index (κ2) is 6.51. The molecule has 1 fully saturated rings. The molecule has 4 heterocycles. The number of hydrogen-bond acceptors (Lipinski definition) is 6. The van der Waals surface area contributed by atoms with Crippen LogP contribution in [0.15, 0.2) is 40.8 Å². The third kappa shape index (κ3) is 3.15. The van der Waals surface area contributed by atoms with Gasteiger partial charge in [-0.05, 0) is 12.1 Å². The van der Waals surface area contributed by atoms with Gasteiger partial charge < -0.3 is 4.90 Å². The van der Waals surface area contributed by atoms with Crippen molar-refractivity contribution < 1.29 is 0 Å². The summed E-state index contributed by atoms with van der Waals surface area (Å²) in [6.45, 7) is 4.42. The first kappa shape index (κ1) is 15.6. The van der Waals surface area contributed by atoms with Crippen molar-refractivity contribution in [1.29, 1.82) is 0 Å². The SMILES string of the molecule is O=c1cc(CN2CCN(c3nccs3)CC2)nc2ccc(Cl)cn12. The van der Waals surface area contributed by atoms with E-state index in [4.69, 9.17) is 11.6 Å². The fourth-order valence-corrected chi connectivity index (χ4v) is 3.76. The summed E-state index contributed by atoms with van der Waals surface area (Å²) >= 11 is 7.61. The summed E-state index contributed by atoms with van der Waals surface area (Å²) in [5.74, 6) is 0. The molecular weight excluding hydrogens is 346 g/mol. The first-order valence-electron chi connectivity index (χ1n) is 7.74. The van der Waals surface area contributed by atoms with Gasteiger partial charge in [-0.25, -0.2) is 9.97 Å².